The lowest BCUT2D eigenvalue weighted by Gasteiger charge is -2.34. The lowest BCUT2D eigenvalue weighted by molar-refractivity contribution is -0.137. The van der Waals surface area contributed by atoms with Gasteiger partial charge < -0.3 is 25.2 Å². The number of methoxy groups -OCH3 is 1. The highest BCUT2D eigenvalue weighted by Gasteiger charge is 2.36. The summed E-state index contributed by atoms with van der Waals surface area (Å²) in [5.74, 6) is -0.199. The molecule has 0 bridgehead atoms. The summed E-state index contributed by atoms with van der Waals surface area (Å²) < 4.78 is 46.2. The number of rotatable bonds is 5. The Balaban J connectivity index is 2.12. The quantitative estimate of drug-likeness (QED) is 0.718. The van der Waals surface area contributed by atoms with E-state index in [4.69, 9.17) is 17.0 Å². The maximum atomic E-state index is 13.6. The number of hydrogen-bond acceptors (Lipinski definition) is 4. The molecule has 1 amide bonds. The van der Waals surface area contributed by atoms with Gasteiger partial charge in [0, 0.05) is 45.7 Å². The van der Waals surface area contributed by atoms with Crippen molar-refractivity contribution in [3.63, 3.8) is 0 Å². The summed E-state index contributed by atoms with van der Waals surface area (Å²) in [4.78, 5) is 14.7. The van der Waals surface area contributed by atoms with Crippen LogP contribution in [0.1, 0.15) is 18.4 Å². The highest BCUT2D eigenvalue weighted by molar-refractivity contribution is 7.80. The number of halogens is 3. The maximum absolute atomic E-state index is 13.6. The van der Waals surface area contributed by atoms with Crippen molar-refractivity contribution < 1.29 is 22.7 Å². The number of hydrogen-bond donors (Lipinski definition) is 2. The first-order valence-corrected chi connectivity index (χ1v) is 9.26. The van der Waals surface area contributed by atoms with Gasteiger partial charge in [0.25, 0.3) is 0 Å². The first-order chi connectivity index (χ1) is 13.1. The van der Waals surface area contributed by atoms with Crippen molar-refractivity contribution in [3.8, 4) is 0 Å². The van der Waals surface area contributed by atoms with Gasteiger partial charge in [-0.2, -0.15) is 13.2 Å². The minimum Gasteiger partial charge on any atom is -0.381 e. The topological polar surface area (TPSA) is 56.8 Å². The molecule has 0 aliphatic carbocycles. The van der Waals surface area contributed by atoms with E-state index in [1.165, 1.54) is 11.0 Å². The third kappa shape index (κ3) is 5.96. The van der Waals surface area contributed by atoms with E-state index in [9.17, 15) is 18.0 Å². The Morgan fingerprint density at radius 3 is 2.50 bits per heavy atom. The molecule has 28 heavy (non-hydrogen) atoms. The number of anilines is 2. The first-order valence-electron chi connectivity index (χ1n) is 8.85. The van der Waals surface area contributed by atoms with Crippen LogP contribution in [-0.2, 0) is 15.7 Å². The Morgan fingerprint density at radius 1 is 1.32 bits per heavy atom. The fourth-order valence-corrected chi connectivity index (χ4v) is 3.13. The van der Waals surface area contributed by atoms with E-state index >= 15 is 0 Å². The molecule has 1 aliphatic rings. The number of nitrogens with one attached hydrogen (secondary N) is 2. The zero-order valence-corrected chi connectivity index (χ0v) is 16.9. The van der Waals surface area contributed by atoms with Gasteiger partial charge in [-0.3, -0.25) is 4.79 Å². The fourth-order valence-electron chi connectivity index (χ4n) is 2.94. The van der Waals surface area contributed by atoms with Gasteiger partial charge in [-0.1, -0.05) is 0 Å². The van der Waals surface area contributed by atoms with Crippen LogP contribution in [0.4, 0.5) is 24.5 Å². The van der Waals surface area contributed by atoms with Crippen LogP contribution in [0.2, 0.25) is 0 Å². The Bertz CT molecular complexity index is 705. The fraction of sp³-hybridized carbons (Fsp3) is 0.556. The van der Waals surface area contributed by atoms with Crippen LogP contribution in [0.5, 0.6) is 0 Å². The third-order valence-electron chi connectivity index (χ3n) is 4.57. The largest absolute Gasteiger partial charge is 0.418 e. The van der Waals surface area contributed by atoms with Crippen molar-refractivity contribution in [1.82, 2.24) is 10.2 Å². The molecule has 156 valence electrons. The lowest BCUT2D eigenvalue weighted by atomic mass is 10.0. The summed E-state index contributed by atoms with van der Waals surface area (Å²) in [7, 11) is 4.82. The van der Waals surface area contributed by atoms with Crippen molar-refractivity contribution in [1.29, 1.82) is 0 Å². The van der Waals surface area contributed by atoms with Gasteiger partial charge in [0.15, 0.2) is 5.11 Å². The Labute approximate surface area is 168 Å². The van der Waals surface area contributed by atoms with Crippen molar-refractivity contribution in [2.24, 2.45) is 0 Å². The van der Waals surface area contributed by atoms with Crippen molar-refractivity contribution in [2.75, 3.05) is 51.1 Å². The van der Waals surface area contributed by atoms with Crippen LogP contribution in [0, 0.1) is 0 Å². The zero-order chi connectivity index (χ0) is 20.9. The van der Waals surface area contributed by atoms with E-state index in [0.29, 0.717) is 25.9 Å². The Kier molecular flexibility index (Phi) is 7.48. The zero-order valence-electron chi connectivity index (χ0n) is 16.1. The highest BCUT2D eigenvalue weighted by Crippen LogP contribution is 2.39. The number of thiocarbonyl (C=S) groups is 1. The molecule has 0 spiro atoms. The minimum absolute atomic E-state index is 0.0442. The number of ether oxygens (including phenoxy) is 1. The van der Waals surface area contributed by atoms with Crippen molar-refractivity contribution in [2.45, 2.75) is 25.1 Å². The van der Waals surface area contributed by atoms with E-state index in [-0.39, 0.29) is 35.0 Å². The smallest absolute Gasteiger partial charge is 0.381 e. The molecule has 10 heteroatoms. The van der Waals surface area contributed by atoms with Crippen molar-refractivity contribution in [3.05, 3.63) is 23.8 Å². The molecule has 1 heterocycles. The minimum atomic E-state index is -4.50. The number of benzene rings is 1. The molecule has 2 rings (SSSR count). The highest BCUT2D eigenvalue weighted by atomic mass is 32.1. The molecule has 0 saturated carbocycles. The number of carbonyl (C=O) groups excluding carboxylic acids is 1. The molecule has 0 aromatic heterocycles. The number of likely N-dealkylation sites (N-methyl/N-ethyl adjacent to an activating group) is 1. The molecule has 0 radical (unpaired) electrons. The van der Waals surface area contributed by atoms with E-state index in [0.717, 1.165) is 6.07 Å². The third-order valence-corrected chi connectivity index (χ3v) is 4.82. The Hall–Kier alpha value is -2.07. The number of piperidine rings is 1. The molecular weight excluding hydrogens is 393 g/mol. The van der Waals surface area contributed by atoms with Crippen LogP contribution in [0.15, 0.2) is 18.2 Å². The second kappa shape index (κ2) is 9.42. The predicted molar refractivity (Wildman–Crippen MR) is 107 cm³/mol. The van der Waals surface area contributed by atoms with E-state index in [2.05, 4.69) is 10.6 Å². The molecule has 0 unspecified atom stereocenters. The Morgan fingerprint density at radius 2 is 1.96 bits per heavy atom. The van der Waals surface area contributed by atoms with Crippen molar-refractivity contribution >= 4 is 34.6 Å². The summed E-state index contributed by atoms with van der Waals surface area (Å²) >= 11 is 5.06. The first kappa shape index (κ1) is 22.2. The lowest BCUT2D eigenvalue weighted by Crippen LogP contribution is -2.38. The number of nitrogens with zero attached hydrogens (tertiary/aromatic N) is 2. The summed E-state index contributed by atoms with van der Waals surface area (Å²) in [6.07, 6.45) is -3.05. The number of alkyl halides is 3. The van der Waals surface area contributed by atoms with E-state index in [1.54, 1.807) is 32.2 Å². The average Bonchev–Trinajstić information content (AvgIpc) is 2.65. The number of carbonyl (C=O) groups is 1. The number of amides is 1. The molecule has 0 atom stereocenters. The summed E-state index contributed by atoms with van der Waals surface area (Å²) in [5, 5.41) is 5.47. The van der Waals surface area contributed by atoms with Gasteiger partial charge in [-0.15, -0.1) is 0 Å². The normalized spacial score (nSPS) is 15.3. The van der Waals surface area contributed by atoms with Gasteiger partial charge in [0.2, 0.25) is 5.91 Å². The molecule has 1 aliphatic heterocycles. The second-order valence-corrected chi connectivity index (χ2v) is 7.16. The summed E-state index contributed by atoms with van der Waals surface area (Å²) in [5.41, 5.74) is -0.368. The molecule has 1 aromatic rings. The van der Waals surface area contributed by atoms with Gasteiger partial charge >= 0.3 is 6.18 Å². The maximum Gasteiger partial charge on any atom is 0.418 e. The van der Waals surface area contributed by atoms with Gasteiger partial charge in [0.1, 0.15) is 0 Å². The standard InChI is InChI=1S/C18H25F3N4O2S/c1-24(2)16(26)11-22-17(28)23-12-4-5-15(14(10-12)18(19,20)21)25-8-6-13(27-3)7-9-25/h4-5,10,13H,6-9,11H2,1-3H3,(H2,22,23,28). The van der Waals surface area contributed by atoms with Crippen LogP contribution in [-0.4, -0.2) is 62.9 Å². The summed E-state index contributed by atoms with van der Waals surface area (Å²) in [6.45, 7) is 0.958. The molecule has 1 fully saturated rings. The van der Waals surface area contributed by atoms with Crippen LogP contribution >= 0.6 is 12.2 Å². The van der Waals surface area contributed by atoms with E-state index < -0.39 is 11.7 Å². The average molecular weight is 418 g/mol. The predicted octanol–water partition coefficient (Wildman–Crippen LogP) is 2.70. The SMILES string of the molecule is COC1CCN(c2ccc(NC(=S)NCC(=O)N(C)C)cc2C(F)(F)F)CC1. The second-order valence-electron chi connectivity index (χ2n) is 6.75. The molecule has 6 nitrogen and oxygen atoms in total. The van der Waals surface area contributed by atoms with Crippen LogP contribution < -0.4 is 15.5 Å². The molecular formula is C18H25F3N4O2S. The van der Waals surface area contributed by atoms with Gasteiger partial charge in [-0.25, -0.2) is 0 Å². The van der Waals surface area contributed by atoms with Gasteiger partial charge in [-0.05, 0) is 43.3 Å². The summed E-state index contributed by atoms with van der Waals surface area (Å²) in [6, 6.07) is 4.04. The molecule has 1 saturated heterocycles. The van der Waals surface area contributed by atoms with Crippen LogP contribution in [0.3, 0.4) is 0 Å². The molecule has 1 aromatic carbocycles. The molecule has 2 N–H and O–H groups in total. The van der Waals surface area contributed by atoms with Crippen LogP contribution in [0.25, 0.3) is 0 Å². The van der Waals surface area contributed by atoms with Gasteiger partial charge in [0.05, 0.1) is 18.2 Å². The van der Waals surface area contributed by atoms with E-state index in [1.807, 2.05) is 0 Å². The monoisotopic (exact) mass is 418 g/mol.